The van der Waals surface area contributed by atoms with Crippen LogP contribution in [-0.2, 0) is 39.5 Å². The summed E-state index contributed by atoms with van der Waals surface area (Å²) in [6, 6.07) is 1.97. The molecular weight excluding hydrogens is 657 g/mol. The summed E-state index contributed by atoms with van der Waals surface area (Å²) in [6.07, 6.45) is 1.86. The van der Waals surface area contributed by atoms with Crippen molar-refractivity contribution in [1.29, 1.82) is 0 Å². The van der Waals surface area contributed by atoms with E-state index in [-0.39, 0.29) is 13.2 Å². The molecule has 0 saturated heterocycles. The van der Waals surface area contributed by atoms with E-state index in [9.17, 15) is 0 Å². The fourth-order valence-corrected chi connectivity index (χ4v) is 35.1. The smallest absolute Gasteiger partial charge is 0.314 e. The molecule has 11 nitrogen and oxygen atoms in total. The summed E-state index contributed by atoms with van der Waals surface area (Å²) in [6.45, 7) is 30.0. The van der Waals surface area contributed by atoms with Crippen LogP contribution in [0.3, 0.4) is 0 Å². The fraction of sp³-hybridized carbons (Fsp3) is 1.00. The van der Waals surface area contributed by atoms with Crippen molar-refractivity contribution >= 4 is 50.9 Å². The van der Waals surface area contributed by atoms with Gasteiger partial charge in [-0.05, 0) is 103 Å². The zero-order valence-electron chi connectivity index (χ0n) is 29.5. The molecule has 0 fully saturated rings. The number of aliphatic hydroxyl groups excluding tert-OH is 2. The standard InChI is InChI=1S/C26H66O11Si6/c1-38(2,25-13-17-29-21-23-31-19-15-27)33-40(5,6)35-42(9,10)37-43(11,12)36-41(7,8)34-39(3,4)26-14-18-30-22-24-32-20-16-28/h27-28H,13-26H2,1-12H3. The Kier molecular flexibility index (Phi) is 21.4. The second kappa shape index (κ2) is 21.0. The molecule has 0 aliphatic carbocycles. The zero-order valence-corrected chi connectivity index (χ0v) is 35.5. The molecule has 0 bridgehead atoms. The minimum atomic E-state index is -2.56. The van der Waals surface area contributed by atoms with Crippen molar-refractivity contribution in [1.82, 2.24) is 0 Å². The van der Waals surface area contributed by atoms with Crippen molar-refractivity contribution in [2.75, 3.05) is 66.1 Å². The van der Waals surface area contributed by atoms with Crippen LogP contribution in [0.2, 0.25) is 90.7 Å². The SMILES string of the molecule is C[Si](C)(CCCOCCOCCO)O[Si](C)(C)O[Si](C)(C)O[Si](C)(C)O[Si](C)(C)O[Si](C)(C)CCCOCCOCCO. The molecule has 0 heterocycles. The lowest BCUT2D eigenvalue weighted by atomic mass is 10.5. The number of aliphatic hydroxyl groups is 2. The van der Waals surface area contributed by atoms with E-state index in [4.69, 9.17) is 49.7 Å². The van der Waals surface area contributed by atoms with Gasteiger partial charge in [-0.15, -0.1) is 0 Å². The maximum absolute atomic E-state index is 8.75. The summed E-state index contributed by atoms with van der Waals surface area (Å²) in [5.41, 5.74) is 0. The average Bonchev–Trinajstić information content (AvgIpc) is 2.78. The third-order valence-electron chi connectivity index (χ3n) is 5.87. The van der Waals surface area contributed by atoms with Crippen LogP contribution in [0.1, 0.15) is 12.8 Å². The van der Waals surface area contributed by atoms with E-state index in [1.54, 1.807) is 0 Å². The van der Waals surface area contributed by atoms with Gasteiger partial charge in [0.05, 0.1) is 52.9 Å². The molecule has 17 heteroatoms. The summed E-state index contributed by atoms with van der Waals surface area (Å²) in [5.74, 6) is 0. The first-order valence-corrected chi connectivity index (χ1v) is 33.2. The molecule has 0 spiro atoms. The van der Waals surface area contributed by atoms with Gasteiger partial charge in [0.25, 0.3) is 0 Å². The highest BCUT2D eigenvalue weighted by Gasteiger charge is 2.47. The van der Waals surface area contributed by atoms with E-state index >= 15 is 0 Å². The van der Waals surface area contributed by atoms with Crippen LogP contribution in [0.15, 0.2) is 0 Å². The normalized spacial score (nSPS) is 14.1. The molecule has 0 aromatic rings. The molecule has 0 unspecified atom stereocenters. The fourth-order valence-electron chi connectivity index (χ4n) is 5.26. The summed E-state index contributed by atoms with van der Waals surface area (Å²) in [7, 11) is -14.0. The van der Waals surface area contributed by atoms with E-state index in [2.05, 4.69) is 78.6 Å². The largest absolute Gasteiger partial charge is 0.436 e. The Morgan fingerprint density at radius 1 is 0.349 bits per heavy atom. The van der Waals surface area contributed by atoms with Gasteiger partial charge in [0.15, 0.2) is 16.6 Å². The van der Waals surface area contributed by atoms with Crippen molar-refractivity contribution in [3.8, 4) is 0 Å². The third kappa shape index (κ3) is 25.6. The number of ether oxygens (including phenoxy) is 4. The molecule has 0 aromatic carbocycles. The molecule has 0 amide bonds. The lowest BCUT2D eigenvalue weighted by Gasteiger charge is -2.43. The maximum atomic E-state index is 8.75. The highest BCUT2D eigenvalue weighted by molar-refractivity contribution is 6.91. The Morgan fingerprint density at radius 2 is 0.605 bits per heavy atom. The summed E-state index contributed by atoms with van der Waals surface area (Å²) in [4.78, 5) is 0. The third-order valence-corrected chi connectivity index (χ3v) is 29.1. The van der Waals surface area contributed by atoms with Crippen molar-refractivity contribution < 1.29 is 49.7 Å². The summed E-state index contributed by atoms with van der Waals surface area (Å²) >= 11 is 0. The molecule has 0 radical (unpaired) electrons. The van der Waals surface area contributed by atoms with Gasteiger partial charge in [-0.25, -0.2) is 0 Å². The van der Waals surface area contributed by atoms with Crippen molar-refractivity contribution in [3.63, 3.8) is 0 Å². The Morgan fingerprint density at radius 3 is 0.884 bits per heavy atom. The highest BCUT2D eigenvalue weighted by Crippen LogP contribution is 2.29. The lowest BCUT2D eigenvalue weighted by Crippen LogP contribution is -2.60. The van der Waals surface area contributed by atoms with Gasteiger partial charge in [-0.1, -0.05) is 0 Å². The van der Waals surface area contributed by atoms with Gasteiger partial charge in [0.2, 0.25) is 0 Å². The first kappa shape index (κ1) is 43.9. The maximum Gasteiger partial charge on any atom is 0.314 e. The Bertz CT molecular complexity index is 670. The quantitative estimate of drug-likeness (QED) is 0.0827. The molecule has 0 rings (SSSR count). The molecule has 43 heavy (non-hydrogen) atoms. The van der Waals surface area contributed by atoms with E-state index in [1.165, 1.54) is 0 Å². The van der Waals surface area contributed by atoms with Gasteiger partial charge in [0.1, 0.15) is 0 Å². The van der Waals surface area contributed by atoms with E-state index in [0.717, 1.165) is 24.9 Å². The number of hydrogen-bond acceptors (Lipinski definition) is 11. The van der Waals surface area contributed by atoms with Crippen LogP contribution in [0, 0.1) is 0 Å². The number of rotatable bonds is 28. The molecule has 0 aliphatic heterocycles. The van der Waals surface area contributed by atoms with E-state index in [1.807, 2.05) is 0 Å². The second-order valence-electron chi connectivity index (χ2n) is 13.7. The Hall–Kier alpha value is 0.861. The Balaban J connectivity index is 4.73. The van der Waals surface area contributed by atoms with Gasteiger partial charge in [-0.3, -0.25) is 0 Å². The number of hydrogen-bond donors (Lipinski definition) is 2. The molecule has 0 aromatic heterocycles. The zero-order chi connectivity index (χ0) is 33.3. The molecular formula is C26H66O11Si6. The molecule has 0 aliphatic rings. The first-order chi connectivity index (χ1) is 19.7. The minimum absolute atomic E-state index is 0.0346. The van der Waals surface area contributed by atoms with Gasteiger partial charge >= 0.3 is 34.2 Å². The van der Waals surface area contributed by atoms with Crippen LogP contribution < -0.4 is 0 Å². The van der Waals surface area contributed by atoms with Crippen molar-refractivity contribution in [2.24, 2.45) is 0 Å². The van der Waals surface area contributed by atoms with E-state index < -0.39 is 50.9 Å². The van der Waals surface area contributed by atoms with Crippen LogP contribution in [0.4, 0.5) is 0 Å². The predicted molar refractivity (Wildman–Crippen MR) is 187 cm³/mol. The van der Waals surface area contributed by atoms with Crippen molar-refractivity contribution in [3.05, 3.63) is 0 Å². The minimum Gasteiger partial charge on any atom is -0.436 e. The summed E-state index contributed by atoms with van der Waals surface area (Å²) in [5, 5.41) is 17.5. The molecule has 0 atom stereocenters. The van der Waals surface area contributed by atoms with Gasteiger partial charge in [0, 0.05) is 13.2 Å². The lowest BCUT2D eigenvalue weighted by molar-refractivity contribution is 0.0332. The van der Waals surface area contributed by atoms with Crippen molar-refractivity contribution in [2.45, 2.75) is 103 Å². The molecule has 2 N–H and O–H groups in total. The Labute approximate surface area is 269 Å². The highest BCUT2D eigenvalue weighted by atomic mass is 28.5. The summed E-state index contributed by atoms with van der Waals surface area (Å²) < 4.78 is 55.3. The molecule has 0 saturated carbocycles. The van der Waals surface area contributed by atoms with E-state index in [0.29, 0.717) is 52.9 Å². The van der Waals surface area contributed by atoms with Crippen LogP contribution >= 0.6 is 0 Å². The van der Waals surface area contributed by atoms with Gasteiger partial charge in [-0.2, -0.15) is 0 Å². The monoisotopic (exact) mass is 722 g/mol. The topological polar surface area (TPSA) is 124 Å². The van der Waals surface area contributed by atoms with Crippen LogP contribution in [-0.4, -0.2) is 127 Å². The first-order valence-electron chi connectivity index (χ1n) is 15.7. The predicted octanol–water partition coefficient (Wildman–Crippen LogP) is 5.12. The molecule has 260 valence electrons. The second-order valence-corrected chi connectivity index (χ2v) is 37.1. The van der Waals surface area contributed by atoms with Crippen LogP contribution in [0.5, 0.6) is 0 Å². The van der Waals surface area contributed by atoms with Gasteiger partial charge < -0.3 is 49.7 Å². The van der Waals surface area contributed by atoms with Crippen LogP contribution in [0.25, 0.3) is 0 Å². The average molecular weight is 723 g/mol.